The van der Waals surface area contributed by atoms with E-state index in [9.17, 15) is 0 Å². The number of anilines is 1. The minimum Gasteiger partial charge on any atom is -0.480 e. The number of aromatic nitrogens is 12. The molecule has 11 heterocycles. The molecule has 5 radical (unpaired) electrons. The van der Waals surface area contributed by atoms with Gasteiger partial charge < -0.3 is 73.3 Å². The minimum absolute atomic E-state index is 0. The van der Waals surface area contributed by atoms with Gasteiger partial charge in [0, 0.05) is 249 Å². The summed E-state index contributed by atoms with van der Waals surface area (Å²) < 4.78 is 18.4. The topological polar surface area (TPSA) is 117 Å². The number of methoxy groups -OCH3 is 1. The van der Waals surface area contributed by atoms with Gasteiger partial charge in [-0.2, -0.15) is 0 Å². The number of pyridine rings is 5. The average Bonchev–Trinajstić information content (AvgIpc) is 1.59. The Hall–Kier alpha value is -4.41. The van der Waals surface area contributed by atoms with Crippen molar-refractivity contribution in [2.24, 2.45) is 5.41 Å². The molecule has 0 spiro atoms. The van der Waals surface area contributed by atoms with E-state index < -0.39 is 0 Å². The fraction of sp³-hybridized carbons (Fsp3) is 0.127. The summed E-state index contributed by atoms with van der Waals surface area (Å²) in [6.07, 6.45) is 13.1. The van der Waals surface area contributed by atoms with Crippen molar-refractivity contribution in [3.8, 4) is 17.1 Å². The molecule has 0 amide bonds. The second-order valence-corrected chi connectivity index (χ2v) is 30.5. The molecule has 22 aromatic rings. The molecular formula is C102H93N13OPt5SY5. The number of ether oxygens (including phenoxy) is 1. The SMILES string of the molecule is CN(C)c1cn2c3ccccc3c3ccc[c-]c3c2n1.COc1cn2c3ccccc3c3ccc[c-]c3c2n1.CSc1cn2c3ccccc3c3ccc[c-]c3c2n1.Cc1cccc(C)c1-c1cnc2c3[c-]cccc3c3c(nc(C)n3CC(C)(C)C)n12.[CH3-].[CH3-].[CH3-].[CH3-].[CH3-].[Pt+2].[Pt+2].[Pt+2].[Pt+2].[Pt+2].[Y].[Y].[Y].[Y].[Y].[c-]1cccc2c1c1nc(Cc3ccccc3)cn1c1ccccc21. The summed E-state index contributed by atoms with van der Waals surface area (Å²) in [5, 5.41) is 17.2. The van der Waals surface area contributed by atoms with Gasteiger partial charge in [0.1, 0.15) is 22.3 Å². The van der Waals surface area contributed by atoms with Crippen LogP contribution < -0.4 is 9.64 Å². The Balaban J connectivity index is 0.000000401. The molecule has 643 valence electrons. The van der Waals surface area contributed by atoms with E-state index in [2.05, 4.69) is 298 Å². The standard InChI is InChI=1S/C26H27N4.C22H15N2.C17H14N3.C16H11N2O.C16H11N2S.5CH3.5Pt.5Y/c1-16-10-9-11-17(2)22(16)21-14-27-24-20-13-8-7-12-19(20)23-25(30(21)24)28-18(3)29(23)15-26(4,5)6;1-2-8-16(9-3-1)14-17-15-24-21-13-7-6-11-19(21)18-10-4-5-12-20(18)22(24)23-17;1-19(2)16-11-20-15-10-6-5-8-13(15)12-7-3-4-9-14(12)17(20)18-16;2*1-19-15-10-18-14-9-5-4-7-12(14)11-6-2-3-8-13(11)16(18)17-15;;;;;;;;;;;;;;;/h7-12,14H,15H2,1-6H3;1-11,13,15H,14H2;3-8,10-11H,1-2H3;2*2-7,9-10H,1H3;5*1H3;;;;;;;;;;/q10*-1;5*+2;;;;;. The summed E-state index contributed by atoms with van der Waals surface area (Å²) in [5.41, 5.74) is 18.8. The summed E-state index contributed by atoms with van der Waals surface area (Å²) in [6, 6.07) is 98.0. The van der Waals surface area contributed by atoms with Crippen LogP contribution in [0.25, 0.3) is 148 Å². The third-order valence-electron chi connectivity index (χ3n) is 20.9. The molecular weight excluding hydrogens is 2880 g/mol. The first-order valence-electron chi connectivity index (χ1n) is 37.5. The minimum atomic E-state index is 0. The van der Waals surface area contributed by atoms with Crippen LogP contribution in [0.5, 0.6) is 5.88 Å². The van der Waals surface area contributed by atoms with E-state index in [-0.39, 0.29) is 311 Å². The van der Waals surface area contributed by atoms with E-state index in [0.29, 0.717) is 5.88 Å². The van der Waals surface area contributed by atoms with Crippen LogP contribution in [-0.2, 0) is 282 Å². The second-order valence-electron chi connectivity index (χ2n) is 29.6. The first kappa shape index (κ1) is 117. The molecule has 0 bridgehead atoms. The summed E-state index contributed by atoms with van der Waals surface area (Å²) in [4.78, 5) is 30.8. The molecule has 0 aliphatic rings. The van der Waals surface area contributed by atoms with Gasteiger partial charge in [-0.15, -0.1) is 155 Å². The fourth-order valence-electron chi connectivity index (χ4n) is 15.9. The van der Waals surface area contributed by atoms with Gasteiger partial charge in [-0.3, -0.25) is 19.9 Å². The molecule has 0 aliphatic carbocycles. The molecule has 0 atom stereocenters. The van der Waals surface area contributed by atoms with Crippen LogP contribution in [0.4, 0.5) is 5.82 Å². The van der Waals surface area contributed by atoms with Crippen molar-refractivity contribution in [3.05, 3.63) is 363 Å². The number of aryl methyl sites for hydroxylation is 3. The Labute approximate surface area is 947 Å². The molecule has 0 aliphatic heterocycles. The first-order chi connectivity index (χ1) is 54.7. The van der Waals surface area contributed by atoms with Crippen molar-refractivity contribution in [3.63, 3.8) is 0 Å². The van der Waals surface area contributed by atoms with E-state index in [1.807, 2.05) is 98.1 Å². The van der Waals surface area contributed by atoms with Gasteiger partial charge in [0.25, 0.3) is 0 Å². The third-order valence-corrected chi connectivity index (χ3v) is 21.5. The summed E-state index contributed by atoms with van der Waals surface area (Å²) in [5.74, 6) is 2.61. The molecule has 0 fully saturated rings. The van der Waals surface area contributed by atoms with Gasteiger partial charge in [0.2, 0.25) is 5.88 Å². The fourth-order valence-corrected chi connectivity index (χ4v) is 16.3. The largest absolute Gasteiger partial charge is 2.00 e. The van der Waals surface area contributed by atoms with Crippen LogP contribution in [-0.4, -0.2) is 83.9 Å². The van der Waals surface area contributed by atoms with Crippen molar-refractivity contribution in [1.29, 1.82) is 0 Å². The monoisotopic (exact) mass is 2970 g/mol. The maximum Gasteiger partial charge on any atom is 2.00 e. The van der Waals surface area contributed by atoms with Crippen molar-refractivity contribution in [2.45, 2.75) is 59.5 Å². The Morgan fingerprint density at radius 2 is 0.772 bits per heavy atom. The molecule has 0 saturated heterocycles. The van der Waals surface area contributed by atoms with Gasteiger partial charge in [-0.25, -0.2) is 9.97 Å². The zero-order valence-corrected chi connectivity index (χ0v) is 99.8. The van der Waals surface area contributed by atoms with Crippen molar-refractivity contribution < 1.29 is 274 Å². The maximum atomic E-state index is 5.25. The number of hydrogen-bond acceptors (Lipinski definition) is 9. The predicted molar refractivity (Wildman–Crippen MR) is 494 cm³/mol. The molecule has 14 nitrogen and oxygen atoms in total. The number of imidazole rings is 6. The van der Waals surface area contributed by atoms with Gasteiger partial charge in [-0.05, 0) is 94.9 Å². The predicted octanol–water partition coefficient (Wildman–Crippen LogP) is 24.7. The molecule has 0 N–H and O–H groups in total. The molecule has 22 rings (SSSR count). The Kier molecular flexibility index (Phi) is 46.7. The Morgan fingerprint density at radius 1 is 0.394 bits per heavy atom. The number of nitrogens with zero attached hydrogens (tertiary/aromatic N) is 13. The molecule has 0 unspecified atom stereocenters. The van der Waals surface area contributed by atoms with Crippen LogP contribution >= 0.6 is 11.8 Å². The Bertz CT molecular complexity index is 6970. The summed E-state index contributed by atoms with van der Waals surface area (Å²) >= 11 is 1.67. The maximum absolute atomic E-state index is 5.25. The first-order valence-corrected chi connectivity index (χ1v) is 38.7. The number of fused-ring (bicyclic) bond motifs is 30. The number of benzene rings is 11. The van der Waals surface area contributed by atoms with Gasteiger partial charge in [-0.1, -0.05) is 174 Å². The molecule has 0 saturated carbocycles. The van der Waals surface area contributed by atoms with Crippen LogP contribution in [0.15, 0.2) is 273 Å². The number of hydrogen-bond donors (Lipinski definition) is 0. The van der Waals surface area contributed by atoms with Crippen molar-refractivity contribution in [2.75, 3.05) is 32.4 Å². The quantitative estimate of drug-likeness (QED) is 0.0873. The Morgan fingerprint density at radius 3 is 1.20 bits per heavy atom. The molecule has 11 aromatic carbocycles. The van der Waals surface area contributed by atoms with Crippen LogP contribution in [0.3, 0.4) is 0 Å². The third kappa shape index (κ3) is 23.1. The van der Waals surface area contributed by atoms with Crippen LogP contribution in [0.1, 0.15) is 49.0 Å². The zero-order valence-electron chi connectivity index (χ0n) is 73.4. The summed E-state index contributed by atoms with van der Waals surface area (Å²) in [7, 11) is 5.65. The van der Waals surface area contributed by atoms with E-state index >= 15 is 0 Å². The van der Waals surface area contributed by atoms with E-state index in [1.165, 1.54) is 81.9 Å². The summed E-state index contributed by atoms with van der Waals surface area (Å²) in [6.45, 7) is 14.1. The van der Waals surface area contributed by atoms with Crippen molar-refractivity contribution >= 4 is 154 Å². The van der Waals surface area contributed by atoms with Crippen LogP contribution in [0, 0.1) is 93.7 Å². The average molecular weight is 2970 g/mol. The molecule has 25 heteroatoms. The van der Waals surface area contributed by atoms with Crippen LogP contribution in [0.2, 0.25) is 0 Å². The molecule has 11 aromatic heterocycles. The number of thioether (sulfide) groups is 1. The van der Waals surface area contributed by atoms with E-state index in [4.69, 9.17) is 29.7 Å². The number of para-hydroxylation sites is 4. The second kappa shape index (κ2) is 50.8. The van der Waals surface area contributed by atoms with Gasteiger partial charge >= 0.3 is 105 Å². The van der Waals surface area contributed by atoms with Gasteiger partial charge in [0.05, 0.1) is 52.9 Å². The normalized spacial score (nSPS) is 10.4. The number of rotatable bonds is 7. The smallest absolute Gasteiger partial charge is 0.480 e. The van der Waals surface area contributed by atoms with Gasteiger partial charge in [0.15, 0.2) is 0 Å². The zero-order chi connectivity index (χ0) is 76.5. The van der Waals surface area contributed by atoms with E-state index in [0.717, 1.165) is 118 Å². The molecule has 127 heavy (non-hydrogen) atoms. The van der Waals surface area contributed by atoms with E-state index in [1.54, 1.807) is 18.9 Å². The van der Waals surface area contributed by atoms with Crippen molar-refractivity contribution in [1.82, 2.24) is 56.5 Å².